The van der Waals surface area contributed by atoms with E-state index in [0.717, 1.165) is 14.3 Å². The fourth-order valence-electron chi connectivity index (χ4n) is 3.65. The van der Waals surface area contributed by atoms with Gasteiger partial charge in [-0.3, -0.25) is 9.59 Å². The molecule has 4 aromatic rings. The molecule has 5 nitrogen and oxygen atoms in total. The summed E-state index contributed by atoms with van der Waals surface area (Å²) in [6, 6.07) is 18.7. The van der Waals surface area contributed by atoms with E-state index < -0.39 is 5.97 Å². The molecule has 0 aliphatic rings. The zero-order chi connectivity index (χ0) is 24.2. The third-order valence-electron chi connectivity index (χ3n) is 5.31. The van der Waals surface area contributed by atoms with Crippen LogP contribution in [0.3, 0.4) is 0 Å². The Morgan fingerprint density at radius 1 is 0.971 bits per heavy atom. The summed E-state index contributed by atoms with van der Waals surface area (Å²) in [5, 5.41) is 4.97. The van der Waals surface area contributed by atoms with Crippen molar-refractivity contribution in [1.82, 2.24) is 0 Å². The molecule has 0 unspecified atom stereocenters. The molecule has 0 bridgehead atoms. The summed E-state index contributed by atoms with van der Waals surface area (Å²) in [4.78, 5) is 43.6. The van der Waals surface area contributed by atoms with E-state index in [1.54, 1.807) is 36.0 Å². The molecule has 0 radical (unpaired) electrons. The lowest BCUT2D eigenvalue weighted by molar-refractivity contribution is -0.140. The highest BCUT2D eigenvalue weighted by molar-refractivity contribution is 7.99. The van der Waals surface area contributed by atoms with Gasteiger partial charge in [0.25, 0.3) is 0 Å². The lowest BCUT2D eigenvalue weighted by Crippen LogP contribution is -2.17. The van der Waals surface area contributed by atoms with Crippen LogP contribution in [0, 0.1) is 13.8 Å². The summed E-state index contributed by atoms with van der Waals surface area (Å²) in [5.74, 6) is -0.370. The number of carbonyl (C=O) groups excluding carboxylic acids is 2. The van der Waals surface area contributed by atoms with E-state index >= 15 is 0 Å². The van der Waals surface area contributed by atoms with Gasteiger partial charge in [0.15, 0.2) is 5.43 Å². The van der Waals surface area contributed by atoms with Gasteiger partial charge < -0.3 is 4.84 Å². The van der Waals surface area contributed by atoms with Crippen LogP contribution in [0.25, 0.3) is 20.2 Å². The molecule has 0 saturated carbocycles. The predicted octanol–water partition coefficient (Wildman–Crippen LogP) is 6.32. The second-order valence-electron chi connectivity index (χ2n) is 7.96. The molecule has 1 heterocycles. The molecule has 7 heteroatoms. The number of benzene rings is 3. The smallest absolute Gasteiger partial charge is 0.318 e. The van der Waals surface area contributed by atoms with E-state index in [-0.39, 0.29) is 16.9 Å². The van der Waals surface area contributed by atoms with Crippen molar-refractivity contribution < 1.29 is 14.4 Å². The first-order chi connectivity index (χ1) is 16.3. The van der Waals surface area contributed by atoms with Gasteiger partial charge in [-0.1, -0.05) is 35.0 Å². The van der Waals surface area contributed by atoms with E-state index in [0.29, 0.717) is 28.5 Å². The van der Waals surface area contributed by atoms with Crippen LogP contribution in [0.4, 0.5) is 0 Å². The first-order valence-electron chi connectivity index (χ1n) is 10.8. The van der Waals surface area contributed by atoms with E-state index in [2.05, 4.69) is 30.3 Å². The number of oxime groups is 1. The van der Waals surface area contributed by atoms with Gasteiger partial charge in [-0.05, 0) is 55.8 Å². The molecule has 1 aromatic heterocycles. The highest BCUT2D eigenvalue weighted by atomic mass is 32.2. The van der Waals surface area contributed by atoms with Crippen molar-refractivity contribution in [2.24, 2.45) is 5.16 Å². The zero-order valence-electron chi connectivity index (χ0n) is 19.1. The molecule has 0 N–H and O–H groups in total. The Morgan fingerprint density at radius 3 is 2.50 bits per heavy atom. The van der Waals surface area contributed by atoms with Gasteiger partial charge in [0.1, 0.15) is 5.71 Å². The average molecular weight is 490 g/mol. The number of rotatable bonds is 7. The number of carbonyl (C=O) groups is 2. The minimum atomic E-state index is -0.596. The van der Waals surface area contributed by atoms with Crippen molar-refractivity contribution >= 4 is 60.7 Å². The normalized spacial score (nSPS) is 11.7. The molecule has 0 amide bonds. The lowest BCUT2D eigenvalue weighted by Gasteiger charge is -2.09. The SMILES string of the molecule is CC(=O)ON=C(CCSc1ccc(C)cc1C)C(=O)c1ccc2sc3ccccc3c(=O)c2c1. The van der Waals surface area contributed by atoms with Crippen LogP contribution >= 0.6 is 23.1 Å². The molecule has 4 rings (SSSR count). The number of nitrogens with zero attached hydrogens (tertiary/aromatic N) is 1. The molecule has 0 saturated heterocycles. The molecule has 0 spiro atoms. The maximum absolute atomic E-state index is 13.3. The van der Waals surface area contributed by atoms with Crippen LogP contribution in [-0.4, -0.2) is 23.2 Å². The summed E-state index contributed by atoms with van der Waals surface area (Å²) in [6.45, 7) is 5.33. The number of thioether (sulfide) groups is 1. The van der Waals surface area contributed by atoms with Gasteiger partial charge >= 0.3 is 5.97 Å². The quantitative estimate of drug-likeness (QED) is 0.0759. The largest absolute Gasteiger partial charge is 0.331 e. The fraction of sp³-hybridized carbons (Fsp3) is 0.185. The third-order valence-corrected chi connectivity index (χ3v) is 7.64. The second kappa shape index (κ2) is 10.3. The van der Waals surface area contributed by atoms with Gasteiger partial charge in [0, 0.05) is 49.7 Å². The maximum Gasteiger partial charge on any atom is 0.331 e. The monoisotopic (exact) mass is 489 g/mol. The first kappa shape index (κ1) is 23.9. The van der Waals surface area contributed by atoms with Crippen LogP contribution < -0.4 is 5.43 Å². The average Bonchev–Trinajstić information content (AvgIpc) is 2.82. The van der Waals surface area contributed by atoms with Gasteiger partial charge in [-0.25, -0.2) is 4.79 Å². The van der Waals surface area contributed by atoms with Gasteiger partial charge in [0.05, 0.1) is 0 Å². The Morgan fingerprint density at radius 2 is 1.74 bits per heavy atom. The molecule has 34 heavy (non-hydrogen) atoms. The highest BCUT2D eigenvalue weighted by Crippen LogP contribution is 2.27. The van der Waals surface area contributed by atoms with E-state index in [9.17, 15) is 14.4 Å². The number of fused-ring (bicyclic) bond motifs is 2. The van der Waals surface area contributed by atoms with Crippen molar-refractivity contribution in [2.75, 3.05) is 5.75 Å². The molecular weight excluding hydrogens is 466 g/mol. The number of aryl methyl sites for hydroxylation is 2. The Hall–Kier alpha value is -3.29. The molecule has 3 aromatic carbocycles. The van der Waals surface area contributed by atoms with E-state index in [4.69, 9.17) is 4.84 Å². The van der Waals surface area contributed by atoms with Crippen molar-refractivity contribution in [2.45, 2.75) is 32.1 Å². The minimum absolute atomic E-state index is 0.108. The van der Waals surface area contributed by atoms with Gasteiger partial charge in [-0.15, -0.1) is 23.1 Å². The summed E-state index contributed by atoms with van der Waals surface area (Å²) >= 11 is 3.12. The molecule has 172 valence electrons. The molecule has 0 atom stereocenters. The minimum Gasteiger partial charge on any atom is -0.318 e. The van der Waals surface area contributed by atoms with Crippen molar-refractivity contribution in [3.8, 4) is 0 Å². The Labute approximate surface area is 205 Å². The van der Waals surface area contributed by atoms with Crippen molar-refractivity contribution in [3.63, 3.8) is 0 Å². The molecule has 0 aliphatic heterocycles. The summed E-state index contributed by atoms with van der Waals surface area (Å²) in [5.41, 5.74) is 2.73. The number of ketones is 1. The summed E-state index contributed by atoms with van der Waals surface area (Å²) in [7, 11) is 0. The standard InChI is InChI=1S/C27H23NO4S2/c1-16-8-10-23(17(2)14-16)33-13-12-22(28-32-18(3)29)26(30)19-9-11-25-21(15-19)27(31)20-6-4-5-7-24(20)34-25/h4-11,14-15H,12-13H2,1-3H3. The maximum atomic E-state index is 13.3. The predicted molar refractivity (Wildman–Crippen MR) is 140 cm³/mol. The Kier molecular flexibility index (Phi) is 7.24. The van der Waals surface area contributed by atoms with Crippen LogP contribution in [-0.2, 0) is 9.63 Å². The first-order valence-corrected chi connectivity index (χ1v) is 12.6. The van der Waals surface area contributed by atoms with Gasteiger partial charge in [-0.2, -0.15) is 0 Å². The third kappa shape index (κ3) is 5.26. The topological polar surface area (TPSA) is 72.8 Å². The summed E-state index contributed by atoms with van der Waals surface area (Å²) < 4.78 is 1.71. The fourth-order valence-corrected chi connectivity index (χ4v) is 5.67. The number of Topliss-reactive ketones (excluding diaryl/α,β-unsaturated/α-hetero) is 1. The Bertz CT molecular complexity index is 1500. The zero-order valence-corrected chi connectivity index (χ0v) is 20.7. The lowest BCUT2D eigenvalue weighted by atomic mass is 10.0. The molecule has 0 fully saturated rings. The molecule has 0 aliphatic carbocycles. The van der Waals surface area contributed by atoms with E-state index in [1.165, 1.54) is 29.4 Å². The second-order valence-corrected chi connectivity index (χ2v) is 10.2. The van der Waals surface area contributed by atoms with Crippen LogP contribution in [0.5, 0.6) is 0 Å². The van der Waals surface area contributed by atoms with Crippen molar-refractivity contribution in [3.05, 3.63) is 87.6 Å². The van der Waals surface area contributed by atoms with E-state index in [1.807, 2.05) is 25.1 Å². The van der Waals surface area contributed by atoms with Crippen LogP contribution in [0.1, 0.15) is 34.8 Å². The summed E-state index contributed by atoms with van der Waals surface area (Å²) in [6.07, 6.45) is 0.312. The van der Waals surface area contributed by atoms with Gasteiger partial charge in [0.2, 0.25) is 5.78 Å². The highest BCUT2D eigenvalue weighted by Gasteiger charge is 2.18. The van der Waals surface area contributed by atoms with Crippen molar-refractivity contribution in [1.29, 1.82) is 0 Å². The number of hydrogen-bond donors (Lipinski definition) is 0. The molecular formula is C27H23NO4S2. The Balaban J connectivity index is 1.62. The van der Waals surface area contributed by atoms with Crippen LogP contribution in [0.15, 0.2) is 75.5 Å². The number of hydrogen-bond acceptors (Lipinski definition) is 7. The van der Waals surface area contributed by atoms with Crippen LogP contribution in [0.2, 0.25) is 0 Å².